The number of pyridine rings is 2. The molecule has 0 spiro atoms. The van der Waals surface area contributed by atoms with Crippen molar-refractivity contribution in [3.8, 4) is 0 Å². The van der Waals surface area contributed by atoms with Gasteiger partial charge in [0.15, 0.2) is 0 Å². The zero-order valence-corrected chi connectivity index (χ0v) is 19.0. The van der Waals surface area contributed by atoms with Crippen LogP contribution in [-0.4, -0.2) is 96.0 Å². The Morgan fingerprint density at radius 2 is 1.82 bits per heavy atom. The summed E-state index contributed by atoms with van der Waals surface area (Å²) < 4.78 is 9.81. The normalized spacial score (nSPS) is 16.5. The van der Waals surface area contributed by atoms with Crippen molar-refractivity contribution in [2.24, 2.45) is 0 Å². The van der Waals surface area contributed by atoms with E-state index in [-0.39, 0.29) is 38.6 Å². The van der Waals surface area contributed by atoms with Crippen LogP contribution >= 0.6 is 0 Å². The molecule has 34 heavy (non-hydrogen) atoms. The van der Waals surface area contributed by atoms with Crippen LogP contribution < -0.4 is 5.32 Å². The highest BCUT2D eigenvalue weighted by atomic mass is 16.5. The number of ether oxygens (including phenoxy) is 2. The van der Waals surface area contributed by atoms with Gasteiger partial charge in [0, 0.05) is 51.4 Å². The van der Waals surface area contributed by atoms with Crippen molar-refractivity contribution >= 4 is 23.7 Å². The van der Waals surface area contributed by atoms with Crippen LogP contribution in [0.1, 0.15) is 15.9 Å². The summed E-state index contributed by atoms with van der Waals surface area (Å²) in [7, 11) is 2.62. The number of hydrogen-bond acceptors (Lipinski definition) is 8. The molecule has 2 atom stereocenters. The molecule has 11 heteroatoms. The Morgan fingerprint density at radius 1 is 1.09 bits per heavy atom. The van der Waals surface area contributed by atoms with Gasteiger partial charge in [0.05, 0.1) is 19.2 Å². The van der Waals surface area contributed by atoms with Gasteiger partial charge in [-0.3, -0.25) is 24.4 Å². The molecule has 0 aliphatic carbocycles. The van der Waals surface area contributed by atoms with Crippen molar-refractivity contribution < 1.29 is 28.7 Å². The number of amides is 3. The molecule has 0 bridgehead atoms. The standard InChI is InChI=1S/C23H27N5O6/c1-33-15-20(29)28-10-9-27(22(31)17-6-4-8-25-13-17)14-19(28)21(30)26-18(23(32)34-2)11-16-5-3-7-24-12-16/h3-8,12-13,18-19H,9-11,14-15H2,1-2H3,(H,26,30). The van der Waals surface area contributed by atoms with E-state index in [4.69, 9.17) is 9.47 Å². The number of methoxy groups -OCH3 is 2. The van der Waals surface area contributed by atoms with E-state index in [0.29, 0.717) is 5.56 Å². The Morgan fingerprint density at radius 3 is 2.44 bits per heavy atom. The summed E-state index contributed by atoms with van der Waals surface area (Å²) in [4.78, 5) is 62.1. The third-order valence-corrected chi connectivity index (χ3v) is 5.43. The summed E-state index contributed by atoms with van der Waals surface area (Å²) >= 11 is 0. The quantitative estimate of drug-likeness (QED) is 0.521. The van der Waals surface area contributed by atoms with E-state index < -0.39 is 29.9 Å². The lowest BCUT2D eigenvalue weighted by Gasteiger charge is -2.40. The van der Waals surface area contributed by atoms with Crippen molar-refractivity contribution in [3.63, 3.8) is 0 Å². The van der Waals surface area contributed by atoms with E-state index in [1.54, 1.807) is 42.9 Å². The molecule has 3 amide bonds. The highest BCUT2D eigenvalue weighted by Crippen LogP contribution is 2.15. The lowest BCUT2D eigenvalue weighted by molar-refractivity contribution is -0.149. The van der Waals surface area contributed by atoms with Gasteiger partial charge in [0.2, 0.25) is 11.8 Å². The first-order valence-corrected chi connectivity index (χ1v) is 10.7. The van der Waals surface area contributed by atoms with Crippen LogP contribution in [0.4, 0.5) is 0 Å². The van der Waals surface area contributed by atoms with Gasteiger partial charge in [-0.15, -0.1) is 0 Å². The molecule has 2 unspecified atom stereocenters. The van der Waals surface area contributed by atoms with Crippen LogP contribution in [-0.2, 0) is 30.3 Å². The van der Waals surface area contributed by atoms with Crippen LogP contribution in [0.15, 0.2) is 49.1 Å². The molecular formula is C23H27N5O6. The molecule has 2 aromatic heterocycles. The highest BCUT2D eigenvalue weighted by molar-refractivity contribution is 5.96. The van der Waals surface area contributed by atoms with Crippen molar-refractivity contribution in [3.05, 3.63) is 60.2 Å². The number of esters is 1. The number of rotatable bonds is 8. The highest BCUT2D eigenvalue weighted by Gasteiger charge is 2.38. The largest absolute Gasteiger partial charge is 0.467 e. The SMILES string of the molecule is COCC(=O)N1CCN(C(=O)c2cccnc2)CC1C(=O)NC(Cc1cccnc1)C(=O)OC. The van der Waals surface area contributed by atoms with Gasteiger partial charge in [-0.2, -0.15) is 0 Å². The predicted octanol–water partition coefficient (Wildman–Crippen LogP) is -0.323. The fourth-order valence-electron chi connectivity index (χ4n) is 3.73. The minimum Gasteiger partial charge on any atom is -0.467 e. The predicted molar refractivity (Wildman–Crippen MR) is 119 cm³/mol. The second-order valence-corrected chi connectivity index (χ2v) is 7.68. The number of hydrogen-bond donors (Lipinski definition) is 1. The summed E-state index contributed by atoms with van der Waals surface area (Å²) in [6, 6.07) is 4.77. The number of carbonyl (C=O) groups is 4. The van der Waals surface area contributed by atoms with Gasteiger partial charge in [-0.25, -0.2) is 4.79 Å². The summed E-state index contributed by atoms with van der Waals surface area (Å²) in [5.41, 5.74) is 1.10. The molecule has 1 aliphatic rings. The Bertz CT molecular complexity index is 1000. The maximum absolute atomic E-state index is 13.3. The van der Waals surface area contributed by atoms with Crippen LogP contribution in [0.25, 0.3) is 0 Å². The molecular weight excluding hydrogens is 442 g/mol. The molecule has 1 N–H and O–H groups in total. The molecule has 1 fully saturated rings. The average Bonchev–Trinajstić information content (AvgIpc) is 2.88. The fourth-order valence-corrected chi connectivity index (χ4v) is 3.73. The van der Waals surface area contributed by atoms with Gasteiger partial charge in [0.1, 0.15) is 18.7 Å². The summed E-state index contributed by atoms with van der Waals surface area (Å²) in [6.45, 7) is 0.118. The first-order chi connectivity index (χ1) is 16.4. The van der Waals surface area contributed by atoms with E-state index in [1.165, 1.54) is 30.2 Å². The number of piperazine rings is 1. The third kappa shape index (κ3) is 6.13. The van der Waals surface area contributed by atoms with Crippen LogP contribution in [0.5, 0.6) is 0 Å². The molecule has 0 saturated carbocycles. The van der Waals surface area contributed by atoms with Gasteiger partial charge >= 0.3 is 5.97 Å². The molecule has 3 heterocycles. The molecule has 11 nitrogen and oxygen atoms in total. The lowest BCUT2D eigenvalue weighted by Crippen LogP contribution is -2.63. The number of carbonyl (C=O) groups excluding carboxylic acids is 4. The summed E-state index contributed by atoms with van der Waals surface area (Å²) in [5.74, 6) is -1.90. The maximum atomic E-state index is 13.3. The first kappa shape index (κ1) is 24.8. The van der Waals surface area contributed by atoms with Gasteiger partial charge < -0.3 is 24.6 Å². The van der Waals surface area contributed by atoms with Gasteiger partial charge in [0.25, 0.3) is 5.91 Å². The average molecular weight is 469 g/mol. The van der Waals surface area contributed by atoms with Gasteiger partial charge in [-0.05, 0) is 23.8 Å². The fraction of sp³-hybridized carbons (Fsp3) is 0.391. The second kappa shape index (κ2) is 11.8. The summed E-state index contributed by atoms with van der Waals surface area (Å²) in [6.07, 6.45) is 6.35. The van der Waals surface area contributed by atoms with Crippen molar-refractivity contribution in [1.82, 2.24) is 25.1 Å². The van der Waals surface area contributed by atoms with E-state index in [1.807, 2.05) is 0 Å². The number of aromatic nitrogens is 2. The molecule has 1 aliphatic heterocycles. The Hall–Kier alpha value is -3.86. The maximum Gasteiger partial charge on any atom is 0.328 e. The number of nitrogens with one attached hydrogen (secondary N) is 1. The molecule has 2 aromatic rings. The van der Waals surface area contributed by atoms with Crippen molar-refractivity contribution in [2.45, 2.75) is 18.5 Å². The van der Waals surface area contributed by atoms with Crippen LogP contribution in [0.3, 0.4) is 0 Å². The minimum absolute atomic E-state index is 0.0458. The zero-order chi connectivity index (χ0) is 24.5. The minimum atomic E-state index is -1.02. The Labute approximate surface area is 197 Å². The second-order valence-electron chi connectivity index (χ2n) is 7.68. The molecule has 180 valence electrons. The zero-order valence-electron chi connectivity index (χ0n) is 19.0. The van der Waals surface area contributed by atoms with E-state index in [0.717, 1.165) is 5.56 Å². The first-order valence-electron chi connectivity index (χ1n) is 10.7. The molecule has 0 aromatic carbocycles. The van der Waals surface area contributed by atoms with Crippen molar-refractivity contribution in [1.29, 1.82) is 0 Å². The monoisotopic (exact) mass is 469 g/mol. The molecule has 0 radical (unpaired) electrons. The van der Waals surface area contributed by atoms with E-state index >= 15 is 0 Å². The van der Waals surface area contributed by atoms with Crippen LogP contribution in [0.2, 0.25) is 0 Å². The molecule has 1 saturated heterocycles. The summed E-state index contributed by atoms with van der Waals surface area (Å²) in [5, 5.41) is 2.69. The number of nitrogens with zero attached hydrogens (tertiary/aromatic N) is 4. The topological polar surface area (TPSA) is 131 Å². The van der Waals surface area contributed by atoms with Crippen LogP contribution in [0, 0.1) is 0 Å². The van der Waals surface area contributed by atoms with E-state index in [9.17, 15) is 19.2 Å². The van der Waals surface area contributed by atoms with Crippen molar-refractivity contribution in [2.75, 3.05) is 40.5 Å². The lowest BCUT2D eigenvalue weighted by atomic mass is 10.1. The molecule has 3 rings (SSSR count). The smallest absolute Gasteiger partial charge is 0.328 e. The Kier molecular flexibility index (Phi) is 8.63. The third-order valence-electron chi connectivity index (χ3n) is 5.43. The van der Waals surface area contributed by atoms with E-state index in [2.05, 4.69) is 15.3 Å². The van der Waals surface area contributed by atoms with Gasteiger partial charge in [-0.1, -0.05) is 6.07 Å². The Balaban J connectivity index is 1.80.